The van der Waals surface area contributed by atoms with Crippen LogP contribution in [0.15, 0.2) is 89.5 Å². The Balaban J connectivity index is 1.17. The molecule has 5 rings (SSSR count). The van der Waals surface area contributed by atoms with Gasteiger partial charge in [-0.2, -0.15) is 4.58 Å². The van der Waals surface area contributed by atoms with E-state index in [-0.39, 0.29) is 60.5 Å². The van der Waals surface area contributed by atoms with Crippen molar-refractivity contribution < 1.29 is 46.4 Å². The molecular formula is C46H56N4O9S. The standard InChI is InChI=1S/C46H56N4O9S/c1-31-22-24-37-34(29-31)45(3,4)39(48(37)7)18-12-9-8-10-13-19-40-46(5,6)35-30-33(60(56,57)58)23-25-38(35)49(40)28-15-11-14-20-41(52)47-36(32(2)51)17-16-21-44(55)59-50-42(53)26-27-43(50)54/h8-10,12-13,18-19,22-25,29-30,36H,11,14-17,20-21,26-28H2,1-7H3,(H-,47,52,56,57,58). The van der Waals surface area contributed by atoms with Gasteiger partial charge in [-0.3, -0.25) is 19.2 Å². The first-order chi connectivity index (χ1) is 28.2. The number of carbonyl (C=O) groups excluding carboxylic acids is 5. The summed E-state index contributed by atoms with van der Waals surface area (Å²) in [6.07, 6.45) is 16.3. The minimum Gasteiger partial charge on any atom is -0.744 e. The number of imide groups is 1. The number of allylic oxidation sites excluding steroid dienone is 8. The quantitative estimate of drug-likeness (QED) is 0.0562. The second-order valence-corrected chi connectivity index (χ2v) is 18.0. The van der Waals surface area contributed by atoms with Gasteiger partial charge in [0.1, 0.15) is 17.2 Å². The van der Waals surface area contributed by atoms with Gasteiger partial charge in [-0.15, -0.1) is 5.06 Å². The highest BCUT2D eigenvalue weighted by molar-refractivity contribution is 7.85. The van der Waals surface area contributed by atoms with Crippen LogP contribution in [0.4, 0.5) is 11.4 Å². The summed E-state index contributed by atoms with van der Waals surface area (Å²) in [4.78, 5) is 67.3. The van der Waals surface area contributed by atoms with Crippen LogP contribution in [0.1, 0.15) is 109 Å². The van der Waals surface area contributed by atoms with Crippen LogP contribution >= 0.6 is 0 Å². The Morgan fingerprint density at radius 3 is 2.25 bits per heavy atom. The van der Waals surface area contributed by atoms with Gasteiger partial charge < -0.3 is 19.6 Å². The van der Waals surface area contributed by atoms with Crippen molar-refractivity contribution in [3.63, 3.8) is 0 Å². The number of nitrogens with one attached hydrogen (secondary N) is 1. The van der Waals surface area contributed by atoms with Crippen LogP contribution in [0.2, 0.25) is 0 Å². The minimum atomic E-state index is -4.66. The first-order valence-corrected chi connectivity index (χ1v) is 21.8. The SMILES string of the molecule is CC(=O)C(CCCC(=O)ON1C(=O)CCC1=O)NC(=O)CCCCCN1\C(=C/C=C/C=C/C=C/C2=[N+](C)c3ccc(C)cc3C2(C)C)C(C)(C)c2cc(S(=O)(=O)[O-])ccc21. The van der Waals surface area contributed by atoms with Gasteiger partial charge >= 0.3 is 5.97 Å². The highest BCUT2D eigenvalue weighted by atomic mass is 32.2. The summed E-state index contributed by atoms with van der Waals surface area (Å²) in [5.74, 6) is -2.46. The Labute approximate surface area is 353 Å². The smallest absolute Gasteiger partial charge is 0.333 e. The minimum absolute atomic E-state index is 0.00588. The molecule has 1 fully saturated rings. The molecule has 3 amide bonds. The van der Waals surface area contributed by atoms with E-state index in [1.807, 2.05) is 50.3 Å². The summed E-state index contributed by atoms with van der Waals surface area (Å²) in [6.45, 7) is 12.5. The lowest BCUT2D eigenvalue weighted by molar-refractivity contribution is -0.401. The molecule has 2 aromatic carbocycles. The number of rotatable bonds is 18. The average molecular weight is 841 g/mol. The number of fused-ring (bicyclic) bond motifs is 2. The van der Waals surface area contributed by atoms with Gasteiger partial charge in [-0.25, -0.2) is 13.2 Å². The molecule has 1 unspecified atom stereocenters. The number of nitrogens with zero attached hydrogens (tertiary/aromatic N) is 3. The maximum Gasteiger partial charge on any atom is 0.333 e. The first kappa shape index (κ1) is 45.6. The fourth-order valence-corrected chi connectivity index (χ4v) is 8.62. The molecule has 2 aromatic rings. The van der Waals surface area contributed by atoms with Gasteiger partial charge in [0.25, 0.3) is 11.8 Å². The zero-order valence-corrected chi connectivity index (χ0v) is 36.4. The van der Waals surface area contributed by atoms with E-state index in [2.05, 4.69) is 66.9 Å². The predicted molar refractivity (Wildman–Crippen MR) is 227 cm³/mol. The lowest BCUT2D eigenvalue weighted by atomic mass is 9.81. The summed E-state index contributed by atoms with van der Waals surface area (Å²) in [5, 5.41) is 3.23. The lowest BCUT2D eigenvalue weighted by Gasteiger charge is -2.27. The molecule has 1 saturated heterocycles. The van der Waals surface area contributed by atoms with Crippen molar-refractivity contribution in [2.24, 2.45) is 0 Å². The zero-order chi connectivity index (χ0) is 44.0. The van der Waals surface area contributed by atoms with Crippen LogP contribution in [-0.2, 0) is 49.8 Å². The van der Waals surface area contributed by atoms with Crippen LogP contribution in [0.3, 0.4) is 0 Å². The number of carbonyl (C=O) groups is 5. The van der Waals surface area contributed by atoms with E-state index >= 15 is 0 Å². The molecular weight excluding hydrogens is 785 g/mol. The molecule has 320 valence electrons. The molecule has 1 atom stereocenters. The molecule has 60 heavy (non-hydrogen) atoms. The summed E-state index contributed by atoms with van der Waals surface area (Å²) in [6, 6.07) is 10.2. The highest BCUT2D eigenvalue weighted by Crippen LogP contribution is 2.48. The van der Waals surface area contributed by atoms with E-state index in [1.54, 1.807) is 6.07 Å². The van der Waals surface area contributed by atoms with Crippen molar-refractivity contribution >= 4 is 56.7 Å². The predicted octanol–water partition coefficient (Wildman–Crippen LogP) is 6.67. The number of ketones is 1. The molecule has 0 bridgehead atoms. The molecule has 0 aromatic heterocycles. The third kappa shape index (κ3) is 10.5. The monoisotopic (exact) mass is 840 g/mol. The van der Waals surface area contributed by atoms with E-state index in [4.69, 9.17) is 4.84 Å². The van der Waals surface area contributed by atoms with Crippen LogP contribution in [0.5, 0.6) is 0 Å². The van der Waals surface area contributed by atoms with Gasteiger partial charge in [-0.05, 0) is 89.3 Å². The number of hydrogen-bond donors (Lipinski definition) is 1. The molecule has 0 saturated carbocycles. The van der Waals surface area contributed by atoms with Crippen molar-refractivity contribution in [1.29, 1.82) is 0 Å². The number of amides is 3. The van der Waals surface area contributed by atoms with Crippen LogP contribution in [0.25, 0.3) is 0 Å². The molecule has 0 aliphatic carbocycles. The molecule has 1 N–H and O–H groups in total. The topological polar surface area (TPSA) is 173 Å². The van der Waals surface area contributed by atoms with Crippen molar-refractivity contribution in [2.75, 3.05) is 18.5 Å². The number of hydroxylamine groups is 2. The average Bonchev–Trinajstić information content (AvgIpc) is 3.67. The van der Waals surface area contributed by atoms with Gasteiger partial charge in [0.2, 0.25) is 11.6 Å². The highest BCUT2D eigenvalue weighted by Gasteiger charge is 2.43. The van der Waals surface area contributed by atoms with E-state index in [1.165, 1.54) is 41.6 Å². The first-order valence-electron chi connectivity index (χ1n) is 20.4. The molecule has 3 aliphatic heterocycles. The van der Waals surface area contributed by atoms with Gasteiger partial charge in [0.15, 0.2) is 11.5 Å². The summed E-state index contributed by atoms with van der Waals surface area (Å²) in [7, 11) is -2.58. The zero-order valence-electron chi connectivity index (χ0n) is 35.6. The molecule has 3 heterocycles. The molecule has 0 radical (unpaired) electrons. The maximum atomic E-state index is 12.8. The Kier molecular flexibility index (Phi) is 14.3. The molecule has 3 aliphatic rings. The van der Waals surface area contributed by atoms with Crippen LogP contribution in [0, 0.1) is 6.92 Å². The third-order valence-corrected chi connectivity index (χ3v) is 12.3. The number of Topliss-reactive ketones (excluding diaryl/α,β-unsaturated/α-hetero) is 1. The number of unbranched alkanes of at least 4 members (excludes halogenated alkanes) is 2. The largest absolute Gasteiger partial charge is 0.744 e. The van der Waals surface area contributed by atoms with Crippen LogP contribution in [-0.4, -0.2) is 77.4 Å². The fraction of sp³-hybridized carbons (Fsp3) is 0.435. The van der Waals surface area contributed by atoms with Gasteiger partial charge in [-0.1, -0.05) is 62.3 Å². The Hall–Kier alpha value is -5.47. The van der Waals surface area contributed by atoms with Crippen molar-refractivity contribution in [1.82, 2.24) is 10.4 Å². The molecule has 13 nitrogen and oxygen atoms in total. The Morgan fingerprint density at radius 1 is 0.883 bits per heavy atom. The summed E-state index contributed by atoms with van der Waals surface area (Å²) >= 11 is 0. The van der Waals surface area contributed by atoms with Crippen molar-refractivity contribution in [3.8, 4) is 0 Å². The Morgan fingerprint density at radius 2 is 1.57 bits per heavy atom. The number of aryl methyl sites for hydroxylation is 1. The summed E-state index contributed by atoms with van der Waals surface area (Å²) < 4.78 is 38.1. The van der Waals surface area contributed by atoms with Crippen molar-refractivity contribution in [3.05, 3.63) is 101 Å². The number of benzene rings is 2. The second kappa shape index (κ2) is 18.8. The maximum absolute atomic E-state index is 12.8. The normalized spacial score (nSPS) is 18.4. The second-order valence-electron chi connectivity index (χ2n) is 16.7. The van der Waals surface area contributed by atoms with Gasteiger partial charge in [0.05, 0.1) is 16.4 Å². The van der Waals surface area contributed by atoms with E-state index in [9.17, 15) is 36.9 Å². The fourth-order valence-electron chi connectivity index (χ4n) is 8.12. The van der Waals surface area contributed by atoms with E-state index in [0.29, 0.717) is 30.9 Å². The van der Waals surface area contributed by atoms with Crippen LogP contribution < -0.4 is 10.2 Å². The summed E-state index contributed by atoms with van der Waals surface area (Å²) in [5.41, 5.74) is 6.67. The van der Waals surface area contributed by atoms with E-state index < -0.39 is 39.4 Å². The lowest BCUT2D eigenvalue weighted by Crippen LogP contribution is -2.39. The van der Waals surface area contributed by atoms with Crippen molar-refractivity contribution in [2.45, 2.75) is 121 Å². The Bertz CT molecular complexity index is 2300. The molecule has 0 spiro atoms. The molecule has 14 heteroatoms. The number of anilines is 1. The van der Waals surface area contributed by atoms with E-state index in [0.717, 1.165) is 16.9 Å². The number of hydrogen-bond acceptors (Lipinski definition) is 10. The van der Waals surface area contributed by atoms with Gasteiger partial charge in [0, 0.05) is 66.7 Å². The third-order valence-electron chi connectivity index (χ3n) is 11.5.